The standard InChI is InChI=1S/C15H25N3O2S/c1-11(2)16-8-13-9-17-12(3)7-15(13)18(4)14-5-6-21(19,20)10-14/h7,9,11,14,16H,5-6,8,10H2,1-4H3. The van der Waals surface area contributed by atoms with Gasteiger partial charge >= 0.3 is 0 Å². The Morgan fingerprint density at radius 1 is 1.48 bits per heavy atom. The third kappa shape index (κ3) is 4.17. The summed E-state index contributed by atoms with van der Waals surface area (Å²) in [4.78, 5) is 6.48. The Bertz CT molecular complexity index is 599. The van der Waals surface area contributed by atoms with Gasteiger partial charge in [-0.3, -0.25) is 4.98 Å². The molecular formula is C15H25N3O2S. The van der Waals surface area contributed by atoms with Gasteiger partial charge in [0.1, 0.15) is 0 Å². The minimum atomic E-state index is -2.87. The van der Waals surface area contributed by atoms with E-state index in [0.29, 0.717) is 18.2 Å². The number of pyridine rings is 1. The zero-order valence-electron chi connectivity index (χ0n) is 13.3. The Kier molecular flexibility index (Phi) is 4.88. The molecule has 5 nitrogen and oxygen atoms in total. The third-order valence-corrected chi connectivity index (χ3v) is 5.69. The number of nitrogens with zero attached hydrogens (tertiary/aromatic N) is 2. The topological polar surface area (TPSA) is 62.3 Å². The molecule has 1 unspecified atom stereocenters. The van der Waals surface area contributed by atoms with Crippen LogP contribution in [0.25, 0.3) is 0 Å². The summed E-state index contributed by atoms with van der Waals surface area (Å²) in [6.45, 7) is 6.91. The van der Waals surface area contributed by atoms with E-state index in [1.54, 1.807) is 0 Å². The van der Waals surface area contributed by atoms with Crippen LogP contribution in [0.3, 0.4) is 0 Å². The predicted octanol–water partition coefficient (Wildman–Crippen LogP) is 1.51. The van der Waals surface area contributed by atoms with Crippen LogP contribution < -0.4 is 10.2 Å². The lowest BCUT2D eigenvalue weighted by Crippen LogP contribution is -2.34. The van der Waals surface area contributed by atoms with Gasteiger partial charge in [0, 0.05) is 48.8 Å². The molecule has 1 saturated heterocycles. The summed E-state index contributed by atoms with van der Waals surface area (Å²) in [6, 6.07) is 2.51. The van der Waals surface area contributed by atoms with Crippen molar-refractivity contribution in [2.45, 2.75) is 45.8 Å². The summed E-state index contributed by atoms with van der Waals surface area (Å²) in [5, 5.41) is 3.40. The van der Waals surface area contributed by atoms with Gasteiger partial charge in [0.05, 0.1) is 11.5 Å². The largest absolute Gasteiger partial charge is 0.370 e. The highest BCUT2D eigenvalue weighted by Crippen LogP contribution is 2.26. The molecule has 1 fully saturated rings. The number of rotatable bonds is 5. The Hall–Kier alpha value is -1.14. The molecule has 1 aromatic rings. The Morgan fingerprint density at radius 2 is 2.19 bits per heavy atom. The quantitative estimate of drug-likeness (QED) is 0.893. The number of anilines is 1. The molecule has 2 rings (SSSR count). The predicted molar refractivity (Wildman–Crippen MR) is 86.4 cm³/mol. The highest BCUT2D eigenvalue weighted by molar-refractivity contribution is 7.91. The summed E-state index contributed by atoms with van der Waals surface area (Å²) in [5.74, 6) is 0.549. The summed E-state index contributed by atoms with van der Waals surface area (Å²) in [7, 11) is -0.885. The highest BCUT2D eigenvalue weighted by atomic mass is 32.2. The van der Waals surface area contributed by atoms with Crippen LogP contribution >= 0.6 is 0 Å². The molecule has 0 spiro atoms. The smallest absolute Gasteiger partial charge is 0.152 e. The van der Waals surface area contributed by atoms with Crippen molar-refractivity contribution in [3.63, 3.8) is 0 Å². The van der Waals surface area contributed by atoms with Crippen molar-refractivity contribution < 1.29 is 8.42 Å². The van der Waals surface area contributed by atoms with Gasteiger partial charge in [0.25, 0.3) is 0 Å². The van der Waals surface area contributed by atoms with Gasteiger partial charge in [-0.05, 0) is 19.4 Å². The van der Waals surface area contributed by atoms with E-state index < -0.39 is 9.84 Å². The van der Waals surface area contributed by atoms with E-state index in [2.05, 4.69) is 29.0 Å². The molecule has 0 saturated carbocycles. The first-order valence-electron chi connectivity index (χ1n) is 7.40. The fraction of sp³-hybridized carbons (Fsp3) is 0.667. The first-order valence-corrected chi connectivity index (χ1v) is 9.23. The van der Waals surface area contributed by atoms with E-state index in [4.69, 9.17) is 0 Å². The van der Waals surface area contributed by atoms with Crippen molar-refractivity contribution in [1.29, 1.82) is 0 Å². The van der Waals surface area contributed by atoms with Crippen molar-refractivity contribution in [3.8, 4) is 0 Å². The summed E-state index contributed by atoms with van der Waals surface area (Å²) in [6.07, 6.45) is 2.59. The highest BCUT2D eigenvalue weighted by Gasteiger charge is 2.31. The van der Waals surface area contributed by atoms with Crippen molar-refractivity contribution >= 4 is 15.5 Å². The first-order chi connectivity index (χ1) is 9.78. The third-order valence-electron chi connectivity index (χ3n) is 3.94. The zero-order chi connectivity index (χ0) is 15.6. The Balaban J connectivity index is 2.22. The van der Waals surface area contributed by atoms with Crippen LogP contribution in [0.5, 0.6) is 0 Å². The second-order valence-electron chi connectivity index (χ2n) is 6.16. The lowest BCUT2D eigenvalue weighted by molar-refractivity contribution is 0.585. The maximum absolute atomic E-state index is 11.7. The van der Waals surface area contributed by atoms with Crippen molar-refractivity contribution in [2.75, 3.05) is 23.5 Å². The SMILES string of the molecule is Cc1cc(N(C)C2CCS(=O)(=O)C2)c(CNC(C)C)cn1. The van der Waals surface area contributed by atoms with Crippen molar-refractivity contribution in [3.05, 3.63) is 23.5 Å². The molecule has 21 heavy (non-hydrogen) atoms. The maximum atomic E-state index is 11.7. The summed E-state index contributed by atoms with van der Waals surface area (Å²) in [5.41, 5.74) is 3.14. The van der Waals surface area contributed by atoms with Gasteiger partial charge in [-0.25, -0.2) is 8.42 Å². The fourth-order valence-corrected chi connectivity index (χ4v) is 4.40. The van der Waals surface area contributed by atoms with Crippen LogP contribution in [0.4, 0.5) is 5.69 Å². The molecule has 0 amide bonds. The average Bonchev–Trinajstić information content (AvgIpc) is 2.76. The van der Waals surface area contributed by atoms with E-state index in [-0.39, 0.29) is 11.8 Å². The maximum Gasteiger partial charge on any atom is 0.152 e. The van der Waals surface area contributed by atoms with E-state index in [0.717, 1.165) is 23.5 Å². The monoisotopic (exact) mass is 311 g/mol. The molecule has 1 atom stereocenters. The molecule has 1 aliphatic heterocycles. The first kappa shape index (κ1) is 16.2. The van der Waals surface area contributed by atoms with Crippen molar-refractivity contribution in [2.24, 2.45) is 0 Å². The normalized spacial score (nSPS) is 20.9. The minimum Gasteiger partial charge on any atom is -0.370 e. The fourth-order valence-electron chi connectivity index (χ4n) is 2.63. The molecule has 0 aliphatic carbocycles. The second kappa shape index (κ2) is 6.32. The van der Waals surface area contributed by atoms with Crippen LogP contribution in [0.2, 0.25) is 0 Å². The van der Waals surface area contributed by atoms with Crippen LogP contribution in [-0.4, -0.2) is 44.0 Å². The molecule has 0 aromatic carbocycles. The summed E-state index contributed by atoms with van der Waals surface area (Å²) >= 11 is 0. The van der Waals surface area contributed by atoms with Gasteiger partial charge < -0.3 is 10.2 Å². The van der Waals surface area contributed by atoms with Crippen molar-refractivity contribution in [1.82, 2.24) is 10.3 Å². The molecular weight excluding hydrogens is 286 g/mol. The number of aromatic nitrogens is 1. The van der Waals surface area contributed by atoms with E-state index in [1.165, 1.54) is 0 Å². The molecule has 1 N–H and O–H groups in total. The van der Waals surface area contributed by atoms with Crippen LogP contribution in [0.15, 0.2) is 12.3 Å². The minimum absolute atomic E-state index is 0.0644. The molecule has 118 valence electrons. The van der Waals surface area contributed by atoms with Crippen LogP contribution in [0.1, 0.15) is 31.5 Å². The second-order valence-corrected chi connectivity index (χ2v) is 8.39. The molecule has 0 bridgehead atoms. The number of nitrogens with one attached hydrogen (secondary N) is 1. The van der Waals surface area contributed by atoms with Gasteiger partial charge in [-0.15, -0.1) is 0 Å². The van der Waals surface area contributed by atoms with Crippen LogP contribution in [-0.2, 0) is 16.4 Å². The van der Waals surface area contributed by atoms with Gasteiger partial charge in [0.15, 0.2) is 9.84 Å². The Morgan fingerprint density at radius 3 is 2.76 bits per heavy atom. The zero-order valence-corrected chi connectivity index (χ0v) is 14.1. The Labute approximate surface area is 127 Å². The average molecular weight is 311 g/mol. The number of hydrogen-bond donors (Lipinski definition) is 1. The molecule has 1 aromatic heterocycles. The number of aryl methyl sites for hydroxylation is 1. The van der Waals surface area contributed by atoms with Gasteiger partial charge in [-0.1, -0.05) is 13.8 Å². The molecule has 0 radical (unpaired) electrons. The molecule has 6 heteroatoms. The molecule has 1 aliphatic rings. The van der Waals surface area contributed by atoms with Gasteiger partial charge in [-0.2, -0.15) is 0 Å². The lowest BCUT2D eigenvalue weighted by Gasteiger charge is -2.28. The van der Waals surface area contributed by atoms with E-state index in [9.17, 15) is 8.42 Å². The molecule has 2 heterocycles. The van der Waals surface area contributed by atoms with Crippen LogP contribution in [0, 0.1) is 6.92 Å². The summed E-state index contributed by atoms with van der Waals surface area (Å²) < 4.78 is 23.4. The van der Waals surface area contributed by atoms with E-state index in [1.807, 2.05) is 26.2 Å². The number of hydrogen-bond acceptors (Lipinski definition) is 5. The lowest BCUT2D eigenvalue weighted by atomic mass is 10.1. The number of sulfone groups is 1. The van der Waals surface area contributed by atoms with E-state index >= 15 is 0 Å². The van der Waals surface area contributed by atoms with Gasteiger partial charge in [0.2, 0.25) is 0 Å².